The SMILES string of the molecule is CCCOc1ccc(S(=O)(=O)NC2CCC2)cc1CN. The Morgan fingerprint density at radius 2 is 2.15 bits per heavy atom. The van der Waals surface area contributed by atoms with E-state index in [1.807, 2.05) is 6.92 Å². The number of benzene rings is 1. The molecule has 0 spiro atoms. The normalized spacial score (nSPS) is 15.9. The van der Waals surface area contributed by atoms with Crippen molar-refractivity contribution in [2.45, 2.75) is 50.1 Å². The minimum Gasteiger partial charge on any atom is -0.493 e. The zero-order valence-corrected chi connectivity index (χ0v) is 12.6. The zero-order chi connectivity index (χ0) is 14.6. The molecule has 0 aromatic heterocycles. The van der Waals surface area contributed by atoms with E-state index in [4.69, 9.17) is 10.5 Å². The summed E-state index contributed by atoms with van der Waals surface area (Å²) >= 11 is 0. The third kappa shape index (κ3) is 3.50. The first-order valence-corrected chi connectivity index (χ1v) is 8.53. The van der Waals surface area contributed by atoms with Crippen LogP contribution in [0.4, 0.5) is 0 Å². The predicted molar refractivity (Wildman–Crippen MR) is 78.1 cm³/mol. The smallest absolute Gasteiger partial charge is 0.240 e. The summed E-state index contributed by atoms with van der Waals surface area (Å²) in [5.41, 5.74) is 6.40. The molecule has 0 bridgehead atoms. The van der Waals surface area contributed by atoms with Gasteiger partial charge in [0.15, 0.2) is 0 Å². The molecule has 0 aliphatic heterocycles. The van der Waals surface area contributed by atoms with Gasteiger partial charge in [0.2, 0.25) is 10.0 Å². The monoisotopic (exact) mass is 298 g/mol. The summed E-state index contributed by atoms with van der Waals surface area (Å²) in [5, 5.41) is 0. The van der Waals surface area contributed by atoms with Crippen LogP contribution < -0.4 is 15.2 Å². The van der Waals surface area contributed by atoms with Crippen LogP contribution in [0.1, 0.15) is 38.2 Å². The van der Waals surface area contributed by atoms with Gasteiger partial charge in [0.25, 0.3) is 0 Å². The van der Waals surface area contributed by atoms with Crippen LogP contribution in [-0.2, 0) is 16.6 Å². The molecule has 0 atom stereocenters. The molecule has 0 saturated heterocycles. The molecule has 0 heterocycles. The van der Waals surface area contributed by atoms with Crippen LogP contribution in [0, 0.1) is 0 Å². The van der Waals surface area contributed by atoms with E-state index in [1.54, 1.807) is 18.2 Å². The maximum atomic E-state index is 12.2. The molecular weight excluding hydrogens is 276 g/mol. The van der Waals surface area contributed by atoms with Crippen molar-refractivity contribution in [2.75, 3.05) is 6.61 Å². The highest BCUT2D eigenvalue weighted by atomic mass is 32.2. The van der Waals surface area contributed by atoms with Crippen LogP contribution in [0.25, 0.3) is 0 Å². The average Bonchev–Trinajstić information content (AvgIpc) is 2.40. The van der Waals surface area contributed by atoms with E-state index < -0.39 is 10.0 Å². The van der Waals surface area contributed by atoms with Crippen molar-refractivity contribution in [1.82, 2.24) is 4.72 Å². The maximum Gasteiger partial charge on any atom is 0.240 e. The summed E-state index contributed by atoms with van der Waals surface area (Å²) in [7, 11) is -3.45. The van der Waals surface area contributed by atoms with Crippen molar-refractivity contribution < 1.29 is 13.2 Å². The van der Waals surface area contributed by atoms with Gasteiger partial charge in [-0.2, -0.15) is 0 Å². The highest BCUT2D eigenvalue weighted by Crippen LogP contribution is 2.25. The molecule has 1 aliphatic rings. The fourth-order valence-electron chi connectivity index (χ4n) is 2.05. The summed E-state index contributed by atoms with van der Waals surface area (Å²) in [6.45, 7) is 2.87. The lowest BCUT2D eigenvalue weighted by Crippen LogP contribution is -2.39. The van der Waals surface area contributed by atoms with Gasteiger partial charge in [0, 0.05) is 18.2 Å². The van der Waals surface area contributed by atoms with E-state index in [9.17, 15) is 8.42 Å². The van der Waals surface area contributed by atoms with E-state index in [0.717, 1.165) is 31.2 Å². The Labute approximate surface area is 120 Å². The molecule has 0 amide bonds. The summed E-state index contributed by atoms with van der Waals surface area (Å²) in [6, 6.07) is 4.95. The molecule has 1 aliphatic carbocycles. The van der Waals surface area contributed by atoms with Gasteiger partial charge in [-0.3, -0.25) is 0 Å². The molecule has 112 valence electrons. The van der Waals surface area contributed by atoms with Crippen molar-refractivity contribution in [2.24, 2.45) is 5.73 Å². The molecule has 2 rings (SSSR count). The third-order valence-corrected chi connectivity index (χ3v) is 4.97. The van der Waals surface area contributed by atoms with Gasteiger partial charge in [-0.25, -0.2) is 13.1 Å². The number of sulfonamides is 1. The lowest BCUT2D eigenvalue weighted by atomic mass is 9.94. The van der Waals surface area contributed by atoms with Crippen molar-refractivity contribution >= 4 is 10.0 Å². The second kappa shape index (κ2) is 6.56. The molecular formula is C14H22N2O3S. The highest BCUT2D eigenvalue weighted by molar-refractivity contribution is 7.89. The van der Waals surface area contributed by atoms with Crippen molar-refractivity contribution in [3.05, 3.63) is 23.8 Å². The van der Waals surface area contributed by atoms with Crippen LogP contribution in [-0.4, -0.2) is 21.1 Å². The number of hydrogen-bond donors (Lipinski definition) is 2. The van der Waals surface area contributed by atoms with Crippen LogP contribution in [0.15, 0.2) is 23.1 Å². The number of rotatable bonds is 7. The molecule has 1 fully saturated rings. The molecule has 0 unspecified atom stereocenters. The first kappa shape index (κ1) is 15.3. The van der Waals surface area contributed by atoms with E-state index in [-0.39, 0.29) is 17.5 Å². The number of hydrogen-bond acceptors (Lipinski definition) is 4. The number of nitrogens with one attached hydrogen (secondary N) is 1. The van der Waals surface area contributed by atoms with E-state index in [1.165, 1.54) is 0 Å². The van der Waals surface area contributed by atoms with Gasteiger partial charge in [0.05, 0.1) is 11.5 Å². The maximum absolute atomic E-state index is 12.2. The fraction of sp³-hybridized carbons (Fsp3) is 0.571. The van der Waals surface area contributed by atoms with Gasteiger partial charge >= 0.3 is 0 Å². The lowest BCUT2D eigenvalue weighted by molar-refractivity contribution is 0.314. The Morgan fingerprint density at radius 3 is 2.70 bits per heavy atom. The largest absolute Gasteiger partial charge is 0.493 e. The molecule has 0 radical (unpaired) electrons. The van der Waals surface area contributed by atoms with Gasteiger partial charge in [-0.05, 0) is 37.5 Å². The minimum atomic E-state index is -3.45. The standard InChI is InChI=1S/C14H22N2O3S/c1-2-8-19-14-7-6-13(9-11(14)10-15)20(17,18)16-12-4-3-5-12/h6-7,9,12,16H,2-5,8,10,15H2,1H3. The second-order valence-corrected chi connectivity index (χ2v) is 6.79. The summed E-state index contributed by atoms with van der Waals surface area (Å²) < 4.78 is 32.7. The van der Waals surface area contributed by atoms with Gasteiger partial charge < -0.3 is 10.5 Å². The summed E-state index contributed by atoms with van der Waals surface area (Å²) in [4.78, 5) is 0.258. The highest BCUT2D eigenvalue weighted by Gasteiger charge is 2.25. The zero-order valence-electron chi connectivity index (χ0n) is 11.8. The summed E-state index contributed by atoms with van der Waals surface area (Å²) in [6.07, 6.45) is 3.82. The van der Waals surface area contributed by atoms with Crippen molar-refractivity contribution in [1.29, 1.82) is 0 Å². The predicted octanol–water partition coefficient (Wildman–Crippen LogP) is 1.76. The van der Waals surface area contributed by atoms with Crippen molar-refractivity contribution in [3.63, 3.8) is 0 Å². The molecule has 20 heavy (non-hydrogen) atoms. The second-order valence-electron chi connectivity index (χ2n) is 5.07. The van der Waals surface area contributed by atoms with Crippen LogP contribution in [0.5, 0.6) is 5.75 Å². The topological polar surface area (TPSA) is 81.4 Å². The van der Waals surface area contributed by atoms with E-state index in [2.05, 4.69) is 4.72 Å². The minimum absolute atomic E-state index is 0.0809. The van der Waals surface area contributed by atoms with Crippen LogP contribution >= 0.6 is 0 Å². The third-order valence-electron chi connectivity index (χ3n) is 3.45. The molecule has 1 aromatic rings. The average molecular weight is 298 g/mol. The van der Waals surface area contributed by atoms with E-state index in [0.29, 0.717) is 12.4 Å². The van der Waals surface area contributed by atoms with Gasteiger partial charge in [0.1, 0.15) is 5.75 Å². The Balaban J connectivity index is 2.19. The summed E-state index contributed by atoms with van der Waals surface area (Å²) in [5.74, 6) is 0.664. The number of ether oxygens (including phenoxy) is 1. The Bertz CT molecular complexity index is 554. The van der Waals surface area contributed by atoms with Crippen LogP contribution in [0.2, 0.25) is 0 Å². The first-order chi connectivity index (χ1) is 9.56. The quantitative estimate of drug-likeness (QED) is 0.803. The Kier molecular flexibility index (Phi) is 5.01. The molecule has 1 saturated carbocycles. The van der Waals surface area contributed by atoms with Gasteiger partial charge in [-0.1, -0.05) is 13.3 Å². The number of nitrogens with two attached hydrogens (primary N) is 1. The van der Waals surface area contributed by atoms with Gasteiger partial charge in [-0.15, -0.1) is 0 Å². The van der Waals surface area contributed by atoms with E-state index >= 15 is 0 Å². The Hall–Kier alpha value is -1.11. The molecule has 3 N–H and O–H groups in total. The van der Waals surface area contributed by atoms with Crippen molar-refractivity contribution in [3.8, 4) is 5.75 Å². The first-order valence-electron chi connectivity index (χ1n) is 7.05. The molecule has 1 aromatic carbocycles. The Morgan fingerprint density at radius 1 is 1.40 bits per heavy atom. The molecule has 5 nitrogen and oxygen atoms in total. The van der Waals surface area contributed by atoms with Crippen LogP contribution in [0.3, 0.4) is 0 Å². The fourth-order valence-corrected chi connectivity index (χ4v) is 3.40. The molecule has 6 heteroatoms. The lowest BCUT2D eigenvalue weighted by Gasteiger charge is -2.26.